The molecule has 0 unspecified atom stereocenters. The van der Waals surface area contributed by atoms with Crippen molar-refractivity contribution in [3.05, 3.63) is 24.3 Å². The van der Waals surface area contributed by atoms with Gasteiger partial charge in [0, 0.05) is 24.9 Å². The van der Waals surface area contributed by atoms with Gasteiger partial charge < -0.3 is 10.8 Å². The van der Waals surface area contributed by atoms with E-state index in [1.807, 2.05) is 0 Å². The first kappa shape index (κ1) is 14.3. The maximum absolute atomic E-state index is 12.6. The average Bonchev–Trinajstić information content (AvgIpc) is 2.32. The summed E-state index contributed by atoms with van der Waals surface area (Å²) < 4.78 is 26.7. The molecule has 3 N–H and O–H groups in total. The third kappa shape index (κ3) is 3.08. The van der Waals surface area contributed by atoms with Crippen LogP contribution in [0.2, 0.25) is 0 Å². The van der Waals surface area contributed by atoms with Gasteiger partial charge in [-0.2, -0.15) is 4.31 Å². The van der Waals surface area contributed by atoms with E-state index in [9.17, 15) is 8.42 Å². The van der Waals surface area contributed by atoms with Crippen molar-refractivity contribution in [3.8, 4) is 0 Å². The molecule has 106 valence electrons. The summed E-state index contributed by atoms with van der Waals surface area (Å²) in [5.74, 6) is 0. The molecule has 0 bridgehead atoms. The highest BCUT2D eigenvalue weighted by Gasteiger charge is 2.34. The Kier molecular flexibility index (Phi) is 4.44. The van der Waals surface area contributed by atoms with Gasteiger partial charge in [0.25, 0.3) is 0 Å². The molecule has 2 rings (SSSR count). The molecule has 1 aromatic carbocycles. The van der Waals surface area contributed by atoms with Crippen molar-refractivity contribution in [1.82, 2.24) is 4.31 Å². The molecule has 0 atom stereocenters. The zero-order valence-electron chi connectivity index (χ0n) is 10.8. The lowest BCUT2D eigenvalue weighted by molar-refractivity contribution is 0.198. The molecule has 1 fully saturated rings. The molecule has 0 radical (unpaired) electrons. The number of aliphatic hydroxyl groups is 1. The quantitative estimate of drug-likeness (QED) is 0.769. The minimum atomic E-state index is -3.48. The number of benzene rings is 1. The predicted molar refractivity (Wildman–Crippen MR) is 74.1 cm³/mol. The first-order valence-corrected chi connectivity index (χ1v) is 7.98. The molecule has 19 heavy (non-hydrogen) atoms. The maximum atomic E-state index is 12.6. The van der Waals surface area contributed by atoms with E-state index >= 15 is 0 Å². The van der Waals surface area contributed by atoms with Gasteiger partial charge >= 0.3 is 0 Å². The molecule has 5 nitrogen and oxygen atoms in total. The van der Waals surface area contributed by atoms with E-state index in [1.54, 1.807) is 12.1 Å². The van der Waals surface area contributed by atoms with Crippen molar-refractivity contribution in [2.24, 2.45) is 0 Å². The van der Waals surface area contributed by atoms with Gasteiger partial charge in [-0.15, -0.1) is 0 Å². The molecular formula is C13H20N2O3S. The lowest BCUT2D eigenvalue weighted by atomic mass is 9.93. The highest BCUT2D eigenvalue weighted by molar-refractivity contribution is 7.89. The van der Waals surface area contributed by atoms with Gasteiger partial charge in [0.1, 0.15) is 0 Å². The molecule has 6 heteroatoms. The Morgan fingerprint density at radius 3 is 2.37 bits per heavy atom. The number of hydrogen-bond donors (Lipinski definition) is 2. The zero-order chi connectivity index (χ0) is 13.9. The molecular weight excluding hydrogens is 264 g/mol. The molecule has 0 saturated heterocycles. The van der Waals surface area contributed by atoms with Gasteiger partial charge in [0.05, 0.1) is 4.90 Å². The van der Waals surface area contributed by atoms with Gasteiger partial charge in [-0.3, -0.25) is 0 Å². The van der Waals surface area contributed by atoms with Crippen molar-refractivity contribution in [2.75, 3.05) is 18.9 Å². The van der Waals surface area contributed by atoms with Crippen LogP contribution in [0.15, 0.2) is 29.2 Å². The Balaban J connectivity index is 2.24. The average molecular weight is 284 g/mol. The predicted octanol–water partition coefficient (Wildman–Crippen LogP) is 1.19. The van der Waals surface area contributed by atoms with Crippen molar-refractivity contribution >= 4 is 15.7 Å². The lowest BCUT2D eigenvalue weighted by Crippen LogP contribution is -2.44. The summed E-state index contributed by atoms with van der Waals surface area (Å²) in [6.45, 7) is 0.369. The van der Waals surface area contributed by atoms with Crippen LogP contribution in [0.1, 0.15) is 25.7 Å². The van der Waals surface area contributed by atoms with E-state index in [2.05, 4.69) is 0 Å². The Bertz CT molecular complexity index is 509. The van der Waals surface area contributed by atoms with E-state index in [-0.39, 0.29) is 17.5 Å². The van der Waals surface area contributed by atoms with Crippen molar-refractivity contribution in [3.63, 3.8) is 0 Å². The maximum Gasteiger partial charge on any atom is 0.243 e. The van der Waals surface area contributed by atoms with E-state index in [0.717, 1.165) is 19.3 Å². The van der Waals surface area contributed by atoms with E-state index in [4.69, 9.17) is 10.8 Å². The Morgan fingerprint density at radius 1 is 1.26 bits per heavy atom. The third-order valence-electron chi connectivity index (χ3n) is 3.51. The van der Waals surface area contributed by atoms with Crippen molar-refractivity contribution in [2.45, 2.75) is 36.6 Å². The zero-order valence-corrected chi connectivity index (χ0v) is 11.6. The first-order chi connectivity index (χ1) is 9.05. The van der Waals surface area contributed by atoms with Crippen LogP contribution in [0.5, 0.6) is 0 Å². The van der Waals surface area contributed by atoms with Gasteiger partial charge in [0.15, 0.2) is 0 Å². The van der Waals surface area contributed by atoms with Crippen molar-refractivity contribution < 1.29 is 13.5 Å². The second-order valence-corrected chi connectivity index (χ2v) is 6.74. The molecule has 1 aliphatic carbocycles. The third-order valence-corrected chi connectivity index (χ3v) is 5.47. The SMILES string of the molecule is Nc1ccc(S(=O)(=O)N(CCCO)C2CCC2)cc1. The number of nitrogen functional groups attached to an aromatic ring is 1. The lowest BCUT2D eigenvalue weighted by Gasteiger charge is -2.36. The summed E-state index contributed by atoms with van der Waals surface area (Å²) >= 11 is 0. The summed E-state index contributed by atoms with van der Waals surface area (Å²) in [6.07, 6.45) is 3.33. The fourth-order valence-corrected chi connectivity index (χ4v) is 3.90. The van der Waals surface area contributed by atoms with Gasteiger partial charge in [-0.05, 0) is 43.5 Å². The fraction of sp³-hybridized carbons (Fsp3) is 0.538. The summed E-state index contributed by atoms with van der Waals surface area (Å²) in [6, 6.07) is 6.34. The van der Waals surface area contributed by atoms with Crippen LogP contribution in [-0.4, -0.2) is 37.0 Å². The molecule has 0 heterocycles. The summed E-state index contributed by atoms with van der Waals surface area (Å²) in [5, 5.41) is 8.92. The number of hydrogen-bond acceptors (Lipinski definition) is 4. The number of anilines is 1. The molecule has 0 amide bonds. The van der Waals surface area contributed by atoms with E-state index < -0.39 is 10.0 Å². The second kappa shape index (κ2) is 5.90. The molecule has 1 aromatic rings. The monoisotopic (exact) mass is 284 g/mol. The van der Waals surface area contributed by atoms with Crippen molar-refractivity contribution in [1.29, 1.82) is 0 Å². The topological polar surface area (TPSA) is 83.6 Å². The van der Waals surface area contributed by atoms with Crippen LogP contribution in [0.25, 0.3) is 0 Å². The molecule has 0 aromatic heterocycles. The summed E-state index contributed by atoms with van der Waals surface area (Å²) in [5.41, 5.74) is 6.13. The molecule has 1 aliphatic rings. The summed E-state index contributed by atoms with van der Waals surface area (Å²) in [4.78, 5) is 0.270. The van der Waals surface area contributed by atoms with Gasteiger partial charge in [-0.1, -0.05) is 6.42 Å². The molecule has 1 saturated carbocycles. The van der Waals surface area contributed by atoms with Gasteiger partial charge in [-0.25, -0.2) is 8.42 Å². The fourth-order valence-electron chi connectivity index (χ4n) is 2.18. The van der Waals surface area contributed by atoms with Crippen LogP contribution < -0.4 is 5.73 Å². The molecule has 0 aliphatic heterocycles. The summed E-state index contributed by atoms with van der Waals surface area (Å²) in [7, 11) is -3.48. The van der Waals surface area contributed by atoms with Gasteiger partial charge in [0.2, 0.25) is 10.0 Å². The number of nitrogens with two attached hydrogens (primary N) is 1. The second-order valence-electron chi connectivity index (χ2n) is 4.85. The number of aliphatic hydroxyl groups excluding tert-OH is 1. The Morgan fingerprint density at radius 2 is 1.89 bits per heavy atom. The first-order valence-electron chi connectivity index (χ1n) is 6.54. The largest absolute Gasteiger partial charge is 0.399 e. The minimum Gasteiger partial charge on any atom is -0.399 e. The minimum absolute atomic E-state index is 0.000474. The standard InChI is InChI=1S/C13H20N2O3S/c14-11-5-7-13(8-6-11)19(17,18)15(9-2-10-16)12-3-1-4-12/h5-8,12,16H,1-4,9-10,14H2. The van der Waals surface area contributed by atoms with Crippen LogP contribution in [0, 0.1) is 0 Å². The van der Waals surface area contributed by atoms with E-state index in [0.29, 0.717) is 18.7 Å². The normalized spacial score (nSPS) is 16.5. The van der Waals surface area contributed by atoms with Crippen LogP contribution in [-0.2, 0) is 10.0 Å². The number of nitrogens with zero attached hydrogens (tertiary/aromatic N) is 1. The Hall–Kier alpha value is -1.11. The molecule has 0 spiro atoms. The Labute approximate surface area is 114 Å². The van der Waals surface area contributed by atoms with Crippen LogP contribution >= 0.6 is 0 Å². The highest BCUT2D eigenvalue weighted by atomic mass is 32.2. The van der Waals surface area contributed by atoms with Crippen LogP contribution in [0.4, 0.5) is 5.69 Å². The van der Waals surface area contributed by atoms with E-state index in [1.165, 1.54) is 16.4 Å². The highest BCUT2D eigenvalue weighted by Crippen LogP contribution is 2.30. The number of rotatable bonds is 6. The number of sulfonamides is 1. The van der Waals surface area contributed by atoms with Crippen LogP contribution in [0.3, 0.4) is 0 Å². The smallest absolute Gasteiger partial charge is 0.243 e.